The minimum absolute atomic E-state index is 0.0520. The molecule has 0 aliphatic carbocycles. The van der Waals surface area contributed by atoms with Crippen LogP contribution in [-0.4, -0.2) is 27.3 Å². The summed E-state index contributed by atoms with van der Waals surface area (Å²) in [5.74, 6) is -1.15. The molecule has 1 unspecified atom stereocenters. The second kappa shape index (κ2) is 5.66. The van der Waals surface area contributed by atoms with Gasteiger partial charge in [-0.15, -0.1) is 0 Å². The number of hydrazine groups is 2. The lowest BCUT2D eigenvalue weighted by Crippen LogP contribution is -2.49. The molecule has 1 aromatic carbocycles. The molecule has 0 fully saturated rings. The number of rotatable bonds is 6. The number of nitrogens with zero attached hydrogens (tertiary/aromatic N) is 1. The molecule has 0 heterocycles. The van der Waals surface area contributed by atoms with E-state index in [1.54, 1.807) is 17.7 Å². The van der Waals surface area contributed by atoms with Gasteiger partial charge in [-0.25, -0.2) is 10.1 Å². The van der Waals surface area contributed by atoms with Crippen molar-refractivity contribution in [2.45, 2.75) is 12.5 Å². The fourth-order valence-corrected chi connectivity index (χ4v) is 1.20. The van der Waals surface area contributed by atoms with Crippen molar-refractivity contribution in [2.75, 3.05) is 0 Å². The zero-order chi connectivity index (χ0) is 12.8. The molecule has 0 saturated heterocycles. The van der Waals surface area contributed by atoms with Gasteiger partial charge < -0.3 is 10.2 Å². The Hall–Kier alpha value is -2.35. The Bertz CT molecular complexity index is 406. The first-order valence-electron chi connectivity index (χ1n) is 4.65. The van der Waals surface area contributed by atoms with Crippen LogP contribution in [0.3, 0.4) is 0 Å². The van der Waals surface area contributed by atoms with Gasteiger partial charge in [-0.1, -0.05) is 17.7 Å². The van der Waals surface area contributed by atoms with Crippen molar-refractivity contribution in [3.05, 3.63) is 39.9 Å². The number of carboxylic acid groups (broad SMARTS) is 1. The number of hydrogen-bond donors (Lipinski definition) is 4. The van der Waals surface area contributed by atoms with E-state index >= 15 is 0 Å². The highest BCUT2D eigenvalue weighted by molar-refractivity contribution is 5.73. The van der Waals surface area contributed by atoms with E-state index in [-0.39, 0.29) is 12.2 Å². The topological polar surface area (TPSA) is 125 Å². The Morgan fingerprint density at radius 2 is 2.00 bits per heavy atom. The fraction of sp³-hybridized carbons (Fsp3) is 0.222. The SMILES string of the molecule is O=C(O)C(Cc1ccc(O)cc1)NN[N+](=O)[O-]. The van der Waals surface area contributed by atoms with E-state index in [1.807, 2.05) is 0 Å². The van der Waals surface area contributed by atoms with Gasteiger partial charge in [0.05, 0.1) is 0 Å². The normalized spacial score (nSPS) is 11.8. The molecule has 8 heteroatoms. The van der Waals surface area contributed by atoms with Gasteiger partial charge in [0.2, 0.25) is 0 Å². The zero-order valence-electron chi connectivity index (χ0n) is 8.66. The lowest BCUT2D eigenvalue weighted by Gasteiger charge is -2.11. The Kier molecular flexibility index (Phi) is 4.23. The second-order valence-electron chi connectivity index (χ2n) is 3.27. The first-order valence-corrected chi connectivity index (χ1v) is 4.65. The molecule has 0 saturated carbocycles. The van der Waals surface area contributed by atoms with Crippen molar-refractivity contribution >= 4 is 5.97 Å². The lowest BCUT2D eigenvalue weighted by molar-refractivity contribution is -0.555. The monoisotopic (exact) mass is 241 g/mol. The second-order valence-corrected chi connectivity index (χ2v) is 3.27. The standard InChI is InChI=1S/C9H11N3O5/c13-7-3-1-6(2-4-7)5-8(9(14)15)10-11-12(16)17/h1-4,8,10-11,13H,5H2,(H,14,15). The Labute approximate surface area is 96.0 Å². The highest BCUT2D eigenvalue weighted by atomic mass is 16.7. The number of carbonyl (C=O) groups is 1. The Morgan fingerprint density at radius 1 is 1.41 bits per heavy atom. The minimum atomic E-state index is -1.22. The summed E-state index contributed by atoms with van der Waals surface area (Å²) in [7, 11) is 0. The van der Waals surface area contributed by atoms with Crippen LogP contribution in [0.4, 0.5) is 0 Å². The number of aromatic hydroxyl groups is 1. The summed E-state index contributed by atoms with van der Waals surface area (Å²) in [6.45, 7) is 0. The first kappa shape index (κ1) is 12.7. The summed E-state index contributed by atoms with van der Waals surface area (Å²) < 4.78 is 0. The molecule has 4 N–H and O–H groups in total. The number of benzene rings is 1. The van der Waals surface area contributed by atoms with E-state index < -0.39 is 17.0 Å². The molecule has 0 aliphatic heterocycles. The highest BCUT2D eigenvalue weighted by Gasteiger charge is 2.19. The van der Waals surface area contributed by atoms with Gasteiger partial charge in [-0.2, -0.15) is 5.43 Å². The molecule has 0 radical (unpaired) electrons. The third-order valence-electron chi connectivity index (χ3n) is 2.00. The van der Waals surface area contributed by atoms with E-state index in [1.165, 1.54) is 12.1 Å². The molecule has 0 spiro atoms. The van der Waals surface area contributed by atoms with Crippen LogP contribution < -0.4 is 11.0 Å². The van der Waals surface area contributed by atoms with Gasteiger partial charge in [0.25, 0.3) is 0 Å². The van der Waals surface area contributed by atoms with Crippen molar-refractivity contribution in [3.63, 3.8) is 0 Å². The van der Waals surface area contributed by atoms with Gasteiger partial charge in [0.15, 0.2) is 5.03 Å². The fourth-order valence-electron chi connectivity index (χ4n) is 1.20. The number of phenolic OH excluding ortho intramolecular Hbond substituents is 1. The number of nitro groups is 1. The van der Waals surface area contributed by atoms with Crippen LogP contribution in [0.15, 0.2) is 24.3 Å². The summed E-state index contributed by atoms with van der Waals surface area (Å²) in [6.07, 6.45) is 0.0520. The number of aliphatic carboxylic acids is 1. The van der Waals surface area contributed by atoms with Crippen molar-refractivity contribution in [2.24, 2.45) is 0 Å². The third kappa shape index (κ3) is 4.34. The van der Waals surface area contributed by atoms with Gasteiger partial charge in [-0.05, 0) is 17.7 Å². The quantitative estimate of drug-likeness (QED) is 0.397. The molecular formula is C9H11N3O5. The minimum Gasteiger partial charge on any atom is -0.508 e. The van der Waals surface area contributed by atoms with Crippen molar-refractivity contribution in [1.29, 1.82) is 0 Å². The number of phenols is 1. The van der Waals surface area contributed by atoms with Crippen LogP contribution in [0.2, 0.25) is 0 Å². The lowest BCUT2D eigenvalue weighted by atomic mass is 10.1. The summed E-state index contributed by atoms with van der Waals surface area (Å²) in [4.78, 5) is 20.8. The van der Waals surface area contributed by atoms with Crippen LogP contribution in [0, 0.1) is 10.1 Å². The zero-order valence-corrected chi connectivity index (χ0v) is 8.66. The molecule has 0 aliphatic rings. The van der Waals surface area contributed by atoms with Gasteiger partial charge in [-0.3, -0.25) is 4.79 Å². The summed E-state index contributed by atoms with van der Waals surface area (Å²) >= 11 is 0. The molecule has 0 bridgehead atoms. The van der Waals surface area contributed by atoms with Crippen molar-refractivity contribution in [1.82, 2.24) is 11.0 Å². The average molecular weight is 241 g/mol. The molecule has 92 valence electrons. The average Bonchev–Trinajstić information content (AvgIpc) is 2.26. The molecule has 17 heavy (non-hydrogen) atoms. The third-order valence-corrected chi connectivity index (χ3v) is 2.00. The Balaban J connectivity index is 2.63. The van der Waals surface area contributed by atoms with Crippen molar-refractivity contribution < 1.29 is 20.0 Å². The van der Waals surface area contributed by atoms with Gasteiger partial charge in [0.1, 0.15) is 11.8 Å². The summed E-state index contributed by atoms with van der Waals surface area (Å²) in [6, 6.07) is 4.77. The maximum atomic E-state index is 10.8. The van der Waals surface area contributed by atoms with Crippen molar-refractivity contribution in [3.8, 4) is 5.75 Å². The smallest absolute Gasteiger partial charge is 0.323 e. The van der Waals surface area contributed by atoms with Crippen LogP contribution in [-0.2, 0) is 11.2 Å². The maximum Gasteiger partial charge on any atom is 0.323 e. The molecule has 1 rings (SSSR count). The maximum absolute atomic E-state index is 10.8. The number of carboxylic acids is 1. The van der Waals surface area contributed by atoms with Crippen LogP contribution in [0.1, 0.15) is 5.56 Å². The predicted molar refractivity (Wildman–Crippen MR) is 56.5 cm³/mol. The van der Waals surface area contributed by atoms with E-state index in [9.17, 15) is 14.9 Å². The van der Waals surface area contributed by atoms with E-state index in [0.29, 0.717) is 5.56 Å². The molecule has 8 nitrogen and oxygen atoms in total. The van der Waals surface area contributed by atoms with Gasteiger partial charge >= 0.3 is 5.97 Å². The van der Waals surface area contributed by atoms with E-state index in [2.05, 4.69) is 5.43 Å². The molecule has 1 aromatic rings. The molecular weight excluding hydrogens is 230 g/mol. The first-order chi connectivity index (χ1) is 7.99. The predicted octanol–water partition coefficient (Wildman–Crippen LogP) is -0.326. The number of nitrogens with one attached hydrogen (secondary N) is 2. The number of hydrogen-bond acceptors (Lipinski definition) is 5. The van der Waals surface area contributed by atoms with Gasteiger partial charge in [0, 0.05) is 6.42 Å². The van der Waals surface area contributed by atoms with E-state index in [0.717, 1.165) is 0 Å². The van der Waals surface area contributed by atoms with E-state index in [4.69, 9.17) is 10.2 Å². The summed E-state index contributed by atoms with van der Waals surface area (Å²) in [5.41, 5.74) is 4.30. The largest absolute Gasteiger partial charge is 0.508 e. The van der Waals surface area contributed by atoms with Crippen LogP contribution in [0.5, 0.6) is 5.75 Å². The molecule has 0 aromatic heterocycles. The molecule has 0 amide bonds. The molecule has 1 atom stereocenters. The van der Waals surface area contributed by atoms with Crippen LogP contribution in [0.25, 0.3) is 0 Å². The Morgan fingerprint density at radius 3 is 2.47 bits per heavy atom. The highest BCUT2D eigenvalue weighted by Crippen LogP contribution is 2.11. The summed E-state index contributed by atoms with van der Waals surface area (Å²) in [5, 5.41) is 27.0. The van der Waals surface area contributed by atoms with Crippen LogP contribution >= 0.6 is 0 Å².